The van der Waals surface area contributed by atoms with Gasteiger partial charge >= 0.3 is 5.63 Å². The zero-order valence-corrected chi connectivity index (χ0v) is 7.60. The molecular formula is C11H6O4. The number of benzene rings is 1. The Kier molecular flexibility index (Phi) is 2.17. The van der Waals surface area contributed by atoms with Crippen molar-refractivity contribution in [3.05, 3.63) is 45.8 Å². The summed E-state index contributed by atoms with van der Waals surface area (Å²) in [5.41, 5.74) is -0.0669. The Morgan fingerprint density at radius 2 is 1.73 bits per heavy atom. The van der Waals surface area contributed by atoms with Gasteiger partial charge in [-0.3, -0.25) is 9.59 Å². The minimum Gasteiger partial charge on any atom is -0.422 e. The van der Waals surface area contributed by atoms with Gasteiger partial charge in [-0.1, -0.05) is 12.1 Å². The molecule has 0 unspecified atom stereocenters. The quantitative estimate of drug-likeness (QED) is 0.545. The minimum atomic E-state index is -0.548. The molecule has 2 rings (SSSR count). The van der Waals surface area contributed by atoms with Gasteiger partial charge in [0, 0.05) is 17.0 Å². The first-order valence-corrected chi connectivity index (χ1v) is 4.23. The summed E-state index contributed by atoms with van der Waals surface area (Å²) in [6, 6.07) is 5.94. The van der Waals surface area contributed by atoms with Gasteiger partial charge in [0.25, 0.3) is 0 Å². The van der Waals surface area contributed by atoms with E-state index in [0.717, 1.165) is 0 Å². The van der Waals surface area contributed by atoms with Crippen molar-refractivity contribution >= 4 is 23.5 Å². The van der Waals surface area contributed by atoms with Gasteiger partial charge < -0.3 is 4.42 Å². The first kappa shape index (κ1) is 9.33. The van der Waals surface area contributed by atoms with Crippen molar-refractivity contribution in [1.82, 2.24) is 0 Å². The summed E-state index contributed by atoms with van der Waals surface area (Å²) in [6.45, 7) is 0. The van der Waals surface area contributed by atoms with Gasteiger partial charge in [0.2, 0.25) is 0 Å². The molecule has 0 N–H and O–H groups in total. The molecule has 0 saturated carbocycles. The summed E-state index contributed by atoms with van der Waals surface area (Å²) in [6.07, 6.45) is 1.06. The molecule has 0 spiro atoms. The lowest BCUT2D eigenvalue weighted by molar-refractivity contribution is 0.109. The summed E-state index contributed by atoms with van der Waals surface area (Å²) in [5, 5.41) is 0.613. The molecule has 0 fully saturated rings. The summed E-state index contributed by atoms with van der Waals surface area (Å²) in [5.74, 6) is 0. The molecule has 4 nitrogen and oxygen atoms in total. The molecule has 0 bridgehead atoms. The number of fused-ring (bicyclic) bond motifs is 1. The molecule has 1 aromatic carbocycles. The highest BCUT2D eigenvalue weighted by atomic mass is 16.4. The predicted octanol–water partition coefficient (Wildman–Crippen LogP) is 1.42. The first-order chi connectivity index (χ1) is 7.26. The monoisotopic (exact) mass is 202 g/mol. The Morgan fingerprint density at radius 1 is 1.00 bits per heavy atom. The maximum Gasteiger partial charge on any atom is 0.336 e. The van der Waals surface area contributed by atoms with Gasteiger partial charge in [-0.05, 0) is 6.07 Å². The lowest BCUT2D eigenvalue weighted by atomic mass is 10.1. The number of rotatable bonds is 2. The minimum absolute atomic E-state index is 0.111. The van der Waals surface area contributed by atoms with Gasteiger partial charge in [0.05, 0.1) is 5.56 Å². The highest BCUT2D eigenvalue weighted by molar-refractivity contribution is 6.02. The third kappa shape index (κ3) is 1.46. The van der Waals surface area contributed by atoms with Crippen molar-refractivity contribution in [2.75, 3.05) is 0 Å². The summed E-state index contributed by atoms with van der Waals surface area (Å²) in [7, 11) is 0. The second-order valence-electron chi connectivity index (χ2n) is 2.98. The second kappa shape index (κ2) is 3.49. The number of carbonyl (C=O) groups excluding carboxylic acids is 2. The van der Waals surface area contributed by atoms with Crippen LogP contribution < -0.4 is 5.63 Å². The molecule has 1 heterocycles. The highest BCUT2D eigenvalue weighted by Crippen LogP contribution is 2.18. The number of hydrogen-bond donors (Lipinski definition) is 0. The third-order valence-electron chi connectivity index (χ3n) is 2.11. The Bertz CT molecular complexity index is 595. The van der Waals surface area contributed by atoms with E-state index in [2.05, 4.69) is 0 Å². The van der Waals surface area contributed by atoms with Crippen LogP contribution in [0, 0.1) is 0 Å². The Labute approximate surface area is 84.1 Å². The Morgan fingerprint density at radius 3 is 2.40 bits per heavy atom. The van der Waals surface area contributed by atoms with E-state index in [0.29, 0.717) is 18.0 Å². The molecule has 0 aliphatic rings. The Hall–Kier alpha value is -2.23. The second-order valence-corrected chi connectivity index (χ2v) is 2.98. The van der Waals surface area contributed by atoms with Crippen molar-refractivity contribution in [3.63, 3.8) is 0 Å². The summed E-state index contributed by atoms with van der Waals surface area (Å²) in [4.78, 5) is 32.4. The fourth-order valence-corrected chi connectivity index (χ4v) is 1.39. The van der Waals surface area contributed by atoms with Crippen LogP contribution in [0.3, 0.4) is 0 Å². The average molecular weight is 202 g/mol. The van der Waals surface area contributed by atoms with E-state index >= 15 is 0 Å². The molecule has 0 amide bonds. The molecule has 0 saturated heterocycles. The Balaban J connectivity index is 2.96. The molecule has 0 aliphatic heterocycles. The van der Waals surface area contributed by atoms with Crippen molar-refractivity contribution in [1.29, 1.82) is 0 Å². The van der Waals surface area contributed by atoms with E-state index in [9.17, 15) is 14.4 Å². The van der Waals surface area contributed by atoms with Gasteiger partial charge in [-0.15, -0.1) is 0 Å². The zero-order chi connectivity index (χ0) is 10.8. The van der Waals surface area contributed by atoms with Gasteiger partial charge in [-0.2, -0.15) is 0 Å². The maximum atomic E-state index is 11.0. The fourth-order valence-electron chi connectivity index (χ4n) is 1.39. The predicted molar refractivity (Wildman–Crippen MR) is 53.3 cm³/mol. The van der Waals surface area contributed by atoms with Crippen molar-refractivity contribution in [2.45, 2.75) is 0 Å². The van der Waals surface area contributed by atoms with Crippen LogP contribution in [0.2, 0.25) is 0 Å². The topological polar surface area (TPSA) is 64.3 Å². The van der Waals surface area contributed by atoms with Crippen LogP contribution in [-0.4, -0.2) is 12.6 Å². The summed E-state index contributed by atoms with van der Waals surface area (Å²) < 4.78 is 4.88. The standard InChI is InChI=1S/C11H6O4/c12-5-8-2-1-7-3-4-10(14)15-11(7)9(8)6-13/h1-6H. The van der Waals surface area contributed by atoms with Crippen LogP contribution in [0.5, 0.6) is 0 Å². The summed E-state index contributed by atoms with van der Waals surface area (Å²) >= 11 is 0. The number of hydrogen-bond acceptors (Lipinski definition) is 4. The third-order valence-corrected chi connectivity index (χ3v) is 2.11. The van der Waals surface area contributed by atoms with E-state index in [-0.39, 0.29) is 16.7 Å². The molecule has 2 aromatic rings. The SMILES string of the molecule is O=Cc1ccc2ccc(=O)oc2c1C=O. The van der Waals surface area contributed by atoms with E-state index in [1.54, 1.807) is 12.1 Å². The molecule has 15 heavy (non-hydrogen) atoms. The first-order valence-electron chi connectivity index (χ1n) is 4.23. The van der Waals surface area contributed by atoms with Crippen molar-refractivity contribution in [2.24, 2.45) is 0 Å². The fraction of sp³-hybridized carbons (Fsp3) is 0. The average Bonchev–Trinajstić information content (AvgIpc) is 2.27. The maximum absolute atomic E-state index is 11.0. The lowest BCUT2D eigenvalue weighted by Gasteiger charge is -2.00. The lowest BCUT2D eigenvalue weighted by Crippen LogP contribution is -1.99. The van der Waals surface area contributed by atoms with Crippen LogP contribution in [0.4, 0.5) is 0 Å². The van der Waals surface area contributed by atoms with E-state index in [1.165, 1.54) is 12.1 Å². The van der Waals surface area contributed by atoms with Crippen LogP contribution in [0.25, 0.3) is 11.0 Å². The largest absolute Gasteiger partial charge is 0.422 e. The van der Waals surface area contributed by atoms with E-state index in [1.807, 2.05) is 0 Å². The van der Waals surface area contributed by atoms with Crippen LogP contribution in [0.1, 0.15) is 20.7 Å². The van der Waals surface area contributed by atoms with Crippen molar-refractivity contribution < 1.29 is 14.0 Å². The molecular weight excluding hydrogens is 196 g/mol. The normalized spacial score (nSPS) is 10.1. The van der Waals surface area contributed by atoms with E-state index in [4.69, 9.17) is 4.42 Å². The molecule has 0 radical (unpaired) electrons. The van der Waals surface area contributed by atoms with Crippen LogP contribution >= 0.6 is 0 Å². The molecule has 4 heteroatoms. The van der Waals surface area contributed by atoms with E-state index < -0.39 is 5.63 Å². The van der Waals surface area contributed by atoms with Gasteiger partial charge in [-0.25, -0.2) is 4.79 Å². The number of carbonyl (C=O) groups is 2. The molecule has 0 aliphatic carbocycles. The smallest absolute Gasteiger partial charge is 0.336 e. The van der Waals surface area contributed by atoms with Gasteiger partial charge in [0.15, 0.2) is 12.6 Å². The van der Waals surface area contributed by atoms with Crippen LogP contribution in [-0.2, 0) is 0 Å². The molecule has 74 valence electrons. The molecule has 1 aromatic heterocycles. The number of aldehydes is 2. The highest BCUT2D eigenvalue weighted by Gasteiger charge is 2.08. The molecule has 0 atom stereocenters. The van der Waals surface area contributed by atoms with Gasteiger partial charge in [0.1, 0.15) is 5.58 Å². The zero-order valence-electron chi connectivity index (χ0n) is 7.60. The van der Waals surface area contributed by atoms with Crippen molar-refractivity contribution in [3.8, 4) is 0 Å². The van der Waals surface area contributed by atoms with Crippen LogP contribution in [0.15, 0.2) is 33.5 Å².